The fraction of sp³-hybridized carbons (Fsp3) is 0.421. The van der Waals surface area contributed by atoms with Gasteiger partial charge < -0.3 is 9.80 Å². The highest BCUT2D eigenvalue weighted by molar-refractivity contribution is 6.33. The van der Waals surface area contributed by atoms with E-state index in [0.29, 0.717) is 16.4 Å². The van der Waals surface area contributed by atoms with Crippen molar-refractivity contribution in [2.45, 2.75) is 25.7 Å². The molecular weight excluding hydrogens is 336 g/mol. The maximum atomic E-state index is 12.5. The lowest BCUT2D eigenvalue weighted by atomic mass is 10.1. The summed E-state index contributed by atoms with van der Waals surface area (Å²) in [4.78, 5) is 25.2. The molecule has 0 atom stereocenters. The van der Waals surface area contributed by atoms with E-state index in [4.69, 9.17) is 11.6 Å². The van der Waals surface area contributed by atoms with Crippen molar-refractivity contribution in [2.24, 2.45) is 0 Å². The first kappa shape index (κ1) is 17.7. The van der Waals surface area contributed by atoms with E-state index in [1.807, 2.05) is 35.0 Å². The molecule has 0 radical (unpaired) electrons. The molecule has 0 spiro atoms. The van der Waals surface area contributed by atoms with Crippen LogP contribution in [0.25, 0.3) is 0 Å². The van der Waals surface area contributed by atoms with E-state index in [1.54, 1.807) is 18.5 Å². The van der Waals surface area contributed by atoms with Crippen molar-refractivity contribution in [2.75, 3.05) is 31.6 Å². The lowest BCUT2D eigenvalue weighted by molar-refractivity contribution is 0.0724. The monoisotopic (exact) mass is 358 g/mol. The van der Waals surface area contributed by atoms with Gasteiger partial charge in [0.25, 0.3) is 5.91 Å². The minimum Gasteiger partial charge on any atom is -0.358 e. The average molecular weight is 359 g/mol. The Balaban J connectivity index is 1.65. The predicted molar refractivity (Wildman–Crippen MR) is 100 cm³/mol. The number of rotatable bonds is 5. The number of hydrogen-bond acceptors (Lipinski definition) is 4. The van der Waals surface area contributed by atoms with E-state index in [9.17, 15) is 4.79 Å². The second kappa shape index (κ2) is 8.30. The molecule has 2 aromatic rings. The topological polar surface area (TPSA) is 49.3 Å². The lowest BCUT2D eigenvalue weighted by Crippen LogP contribution is -2.35. The molecule has 1 aliphatic rings. The van der Waals surface area contributed by atoms with Gasteiger partial charge in [-0.25, -0.2) is 4.98 Å². The van der Waals surface area contributed by atoms with Crippen molar-refractivity contribution >= 4 is 23.3 Å². The summed E-state index contributed by atoms with van der Waals surface area (Å²) in [7, 11) is 1.95. The van der Waals surface area contributed by atoms with Crippen LogP contribution in [0.15, 0.2) is 36.7 Å². The van der Waals surface area contributed by atoms with Crippen LogP contribution in [-0.2, 0) is 6.42 Å². The Labute approximate surface area is 153 Å². The summed E-state index contributed by atoms with van der Waals surface area (Å²) < 4.78 is 0. The fourth-order valence-corrected chi connectivity index (χ4v) is 3.35. The standard InChI is InChI=1S/C19H23ClN4O/c1-23(12-8-16-7-3-4-9-21-16)18-17(20)13-15(14-22-18)19(25)24-10-5-2-6-11-24/h3-4,7,9,13-14H,2,5-6,8,10-12H2,1H3. The van der Waals surface area contributed by atoms with Crippen LogP contribution in [0.5, 0.6) is 0 Å². The van der Waals surface area contributed by atoms with E-state index in [-0.39, 0.29) is 5.91 Å². The van der Waals surface area contributed by atoms with Crippen LogP contribution < -0.4 is 4.90 Å². The molecule has 0 bridgehead atoms. The highest BCUT2D eigenvalue weighted by Crippen LogP contribution is 2.24. The fourth-order valence-electron chi connectivity index (χ4n) is 3.04. The molecule has 0 saturated carbocycles. The smallest absolute Gasteiger partial charge is 0.255 e. The van der Waals surface area contributed by atoms with Gasteiger partial charge in [0.15, 0.2) is 0 Å². The first-order valence-electron chi connectivity index (χ1n) is 8.71. The van der Waals surface area contributed by atoms with Crippen molar-refractivity contribution in [3.05, 3.63) is 52.9 Å². The third kappa shape index (κ3) is 4.48. The normalized spacial score (nSPS) is 14.4. The molecule has 1 amide bonds. The van der Waals surface area contributed by atoms with Crippen LogP contribution in [0.1, 0.15) is 35.3 Å². The van der Waals surface area contributed by atoms with Crippen LogP contribution >= 0.6 is 11.6 Å². The number of amides is 1. The molecule has 0 unspecified atom stereocenters. The number of nitrogens with zero attached hydrogens (tertiary/aromatic N) is 4. The zero-order valence-electron chi connectivity index (χ0n) is 14.5. The number of piperidine rings is 1. The van der Waals surface area contributed by atoms with E-state index in [0.717, 1.165) is 44.6 Å². The molecule has 3 heterocycles. The molecule has 2 aromatic heterocycles. The van der Waals surface area contributed by atoms with Crippen LogP contribution in [0.2, 0.25) is 5.02 Å². The number of anilines is 1. The number of likely N-dealkylation sites (N-methyl/N-ethyl adjacent to an activating group) is 1. The highest BCUT2D eigenvalue weighted by Gasteiger charge is 2.20. The largest absolute Gasteiger partial charge is 0.358 e. The quantitative estimate of drug-likeness (QED) is 0.821. The first-order valence-corrected chi connectivity index (χ1v) is 9.09. The van der Waals surface area contributed by atoms with Gasteiger partial charge in [0.05, 0.1) is 10.6 Å². The number of aromatic nitrogens is 2. The van der Waals surface area contributed by atoms with Crippen molar-refractivity contribution in [3.8, 4) is 0 Å². The number of halogens is 1. The molecule has 1 aliphatic heterocycles. The number of hydrogen-bond donors (Lipinski definition) is 0. The third-order valence-corrected chi connectivity index (χ3v) is 4.78. The molecule has 1 fully saturated rings. The molecular formula is C19H23ClN4O. The van der Waals surface area contributed by atoms with E-state index < -0.39 is 0 Å². The minimum absolute atomic E-state index is 0.0248. The summed E-state index contributed by atoms with van der Waals surface area (Å²) in [5.41, 5.74) is 1.59. The number of carbonyl (C=O) groups excluding carboxylic acids is 1. The summed E-state index contributed by atoms with van der Waals surface area (Å²) in [5, 5.41) is 0.506. The van der Waals surface area contributed by atoms with Gasteiger partial charge in [-0.05, 0) is 37.5 Å². The lowest BCUT2D eigenvalue weighted by Gasteiger charge is -2.27. The maximum Gasteiger partial charge on any atom is 0.255 e. The molecule has 0 aliphatic carbocycles. The van der Waals surface area contributed by atoms with Crippen LogP contribution in [0.3, 0.4) is 0 Å². The second-order valence-electron chi connectivity index (χ2n) is 6.37. The zero-order chi connectivity index (χ0) is 17.6. The highest BCUT2D eigenvalue weighted by atomic mass is 35.5. The van der Waals surface area contributed by atoms with Gasteiger partial charge in [-0.2, -0.15) is 0 Å². The Morgan fingerprint density at radius 2 is 2.04 bits per heavy atom. The van der Waals surface area contributed by atoms with Gasteiger partial charge in [0.1, 0.15) is 5.82 Å². The van der Waals surface area contributed by atoms with E-state index >= 15 is 0 Å². The predicted octanol–water partition coefficient (Wildman–Crippen LogP) is 3.44. The van der Waals surface area contributed by atoms with Crippen molar-refractivity contribution in [1.82, 2.24) is 14.9 Å². The van der Waals surface area contributed by atoms with Crippen LogP contribution in [0.4, 0.5) is 5.82 Å². The number of likely N-dealkylation sites (tertiary alicyclic amines) is 1. The molecule has 0 aromatic carbocycles. The minimum atomic E-state index is 0.0248. The van der Waals surface area contributed by atoms with Gasteiger partial charge in [0, 0.05) is 51.2 Å². The SMILES string of the molecule is CN(CCc1ccccn1)c1ncc(C(=O)N2CCCCC2)cc1Cl. The molecule has 1 saturated heterocycles. The Hall–Kier alpha value is -2.14. The molecule has 25 heavy (non-hydrogen) atoms. The van der Waals surface area contributed by atoms with Gasteiger partial charge in [0.2, 0.25) is 0 Å². The van der Waals surface area contributed by atoms with Crippen LogP contribution in [0, 0.1) is 0 Å². The Kier molecular flexibility index (Phi) is 5.87. The van der Waals surface area contributed by atoms with Gasteiger partial charge >= 0.3 is 0 Å². The summed E-state index contributed by atoms with van der Waals surface area (Å²) in [5.74, 6) is 0.713. The summed E-state index contributed by atoms with van der Waals surface area (Å²) >= 11 is 6.40. The molecule has 132 valence electrons. The van der Waals surface area contributed by atoms with Crippen molar-refractivity contribution in [3.63, 3.8) is 0 Å². The summed E-state index contributed by atoms with van der Waals surface area (Å²) in [6.07, 6.45) is 7.58. The summed E-state index contributed by atoms with van der Waals surface area (Å²) in [6, 6.07) is 7.62. The van der Waals surface area contributed by atoms with Crippen molar-refractivity contribution < 1.29 is 4.79 Å². The molecule has 5 nitrogen and oxygen atoms in total. The number of carbonyl (C=O) groups is 1. The molecule has 3 rings (SSSR count). The average Bonchev–Trinajstić information content (AvgIpc) is 2.67. The number of pyridine rings is 2. The first-order chi connectivity index (χ1) is 12.1. The second-order valence-corrected chi connectivity index (χ2v) is 6.78. The molecule has 6 heteroatoms. The van der Waals surface area contributed by atoms with Crippen LogP contribution in [-0.4, -0.2) is 47.5 Å². The maximum absolute atomic E-state index is 12.5. The summed E-state index contributed by atoms with van der Waals surface area (Å²) in [6.45, 7) is 2.40. The third-order valence-electron chi connectivity index (χ3n) is 4.50. The van der Waals surface area contributed by atoms with Crippen molar-refractivity contribution in [1.29, 1.82) is 0 Å². The Morgan fingerprint density at radius 1 is 1.24 bits per heavy atom. The molecule has 0 N–H and O–H groups in total. The zero-order valence-corrected chi connectivity index (χ0v) is 15.2. The Bertz CT molecular complexity index is 717. The van der Waals surface area contributed by atoms with Gasteiger partial charge in [-0.15, -0.1) is 0 Å². The van der Waals surface area contributed by atoms with E-state index in [2.05, 4.69) is 9.97 Å². The Morgan fingerprint density at radius 3 is 2.72 bits per heavy atom. The van der Waals surface area contributed by atoms with Gasteiger partial charge in [-0.3, -0.25) is 9.78 Å². The van der Waals surface area contributed by atoms with Gasteiger partial charge in [-0.1, -0.05) is 17.7 Å². The van der Waals surface area contributed by atoms with E-state index in [1.165, 1.54) is 6.42 Å².